The van der Waals surface area contributed by atoms with Crippen LogP contribution >= 0.6 is 15.9 Å². The standard InChI is InChI=1S/C15H22BrNO/c1-11(2)7-8-18-15-6-5-13(9-14(15)16)10-17-12(3)4/h5-6,9,12,17H,1,7-8,10H2,2-4H3. The van der Waals surface area contributed by atoms with Crippen LogP contribution in [0.4, 0.5) is 0 Å². The summed E-state index contributed by atoms with van der Waals surface area (Å²) in [5, 5.41) is 3.39. The van der Waals surface area contributed by atoms with Crippen molar-refractivity contribution in [1.29, 1.82) is 0 Å². The molecule has 0 bridgehead atoms. The number of hydrogen-bond acceptors (Lipinski definition) is 2. The van der Waals surface area contributed by atoms with E-state index in [1.165, 1.54) is 5.56 Å². The van der Waals surface area contributed by atoms with Crippen LogP contribution in [0.3, 0.4) is 0 Å². The van der Waals surface area contributed by atoms with Crippen LogP contribution in [0.2, 0.25) is 0 Å². The smallest absolute Gasteiger partial charge is 0.133 e. The van der Waals surface area contributed by atoms with Gasteiger partial charge in [-0.2, -0.15) is 0 Å². The minimum absolute atomic E-state index is 0.496. The monoisotopic (exact) mass is 311 g/mol. The van der Waals surface area contributed by atoms with Crippen molar-refractivity contribution in [3.63, 3.8) is 0 Å². The topological polar surface area (TPSA) is 21.3 Å². The van der Waals surface area contributed by atoms with Gasteiger partial charge in [-0.1, -0.05) is 25.5 Å². The maximum absolute atomic E-state index is 5.70. The van der Waals surface area contributed by atoms with Crippen molar-refractivity contribution < 1.29 is 4.74 Å². The molecule has 0 spiro atoms. The zero-order valence-electron chi connectivity index (χ0n) is 11.4. The largest absolute Gasteiger partial charge is 0.492 e. The second kappa shape index (κ2) is 7.59. The molecule has 0 fully saturated rings. The zero-order chi connectivity index (χ0) is 13.5. The molecule has 3 heteroatoms. The molecule has 0 unspecified atom stereocenters. The Morgan fingerprint density at radius 2 is 2.17 bits per heavy atom. The van der Waals surface area contributed by atoms with Crippen LogP contribution < -0.4 is 10.1 Å². The molecule has 1 rings (SSSR count). The average Bonchev–Trinajstić information content (AvgIpc) is 2.28. The fraction of sp³-hybridized carbons (Fsp3) is 0.467. The van der Waals surface area contributed by atoms with Gasteiger partial charge in [-0.3, -0.25) is 0 Å². The predicted octanol–water partition coefficient (Wildman–Crippen LogP) is 4.29. The third-order valence-electron chi connectivity index (χ3n) is 2.50. The SMILES string of the molecule is C=C(C)CCOc1ccc(CNC(C)C)cc1Br. The second-order valence-electron chi connectivity index (χ2n) is 4.86. The highest BCUT2D eigenvalue weighted by atomic mass is 79.9. The fourth-order valence-corrected chi connectivity index (χ4v) is 1.97. The Bertz CT molecular complexity index is 401. The van der Waals surface area contributed by atoms with Gasteiger partial charge >= 0.3 is 0 Å². The second-order valence-corrected chi connectivity index (χ2v) is 5.71. The van der Waals surface area contributed by atoms with E-state index in [1.54, 1.807) is 0 Å². The molecule has 0 saturated carbocycles. The highest BCUT2D eigenvalue weighted by molar-refractivity contribution is 9.10. The van der Waals surface area contributed by atoms with Crippen molar-refractivity contribution in [3.8, 4) is 5.75 Å². The highest BCUT2D eigenvalue weighted by Gasteiger charge is 2.03. The van der Waals surface area contributed by atoms with E-state index in [9.17, 15) is 0 Å². The van der Waals surface area contributed by atoms with Crippen LogP contribution in [0.25, 0.3) is 0 Å². The Kier molecular flexibility index (Phi) is 6.44. The fourth-order valence-electron chi connectivity index (χ4n) is 1.43. The van der Waals surface area contributed by atoms with Crippen LogP contribution in [-0.2, 0) is 6.54 Å². The maximum Gasteiger partial charge on any atom is 0.133 e. The number of halogens is 1. The van der Waals surface area contributed by atoms with Gasteiger partial charge in [0.15, 0.2) is 0 Å². The van der Waals surface area contributed by atoms with Crippen molar-refractivity contribution in [1.82, 2.24) is 5.32 Å². The maximum atomic E-state index is 5.70. The molecule has 1 aromatic rings. The molecule has 0 amide bonds. The summed E-state index contributed by atoms with van der Waals surface area (Å²) >= 11 is 3.55. The first-order valence-electron chi connectivity index (χ1n) is 6.28. The summed E-state index contributed by atoms with van der Waals surface area (Å²) in [6.45, 7) is 11.7. The predicted molar refractivity (Wildman–Crippen MR) is 81.0 cm³/mol. The van der Waals surface area contributed by atoms with Crippen molar-refractivity contribution in [2.24, 2.45) is 0 Å². The summed E-state index contributed by atoms with van der Waals surface area (Å²) in [7, 11) is 0. The third-order valence-corrected chi connectivity index (χ3v) is 3.12. The first-order chi connectivity index (χ1) is 8.49. The van der Waals surface area contributed by atoms with Crippen molar-refractivity contribution in [3.05, 3.63) is 40.4 Å². The molecule has 0 saturated heterocycles. The summed E-state index contributed by atoms with van der Waals surface area (Å²) in [5.74, 6) is 0.893. The van der Waals surface area contributed by atoms with E-state index in [4.69, 9.17) is 4.74 Å². The van der Waals surface area contributed by atoms with Gasteiger partial charge in [-0.15, -0.1) is 6.58 Å². The molecule has 0 aliphatic carbocycles. The van der Waals surface area contributed by atoms with E-state index in [-0.39, 0.29) is 0 Å². The summed E-state index contributed by atoms with van der Waals surface area (Å²) in [4.78, 5) is 0. The lowest BCUT2D eigenvalue weighted by Gasteiger charge is -2.11. The van der Waals surface area contributed by atoms with Crippen LogP contribution in [0.5, 0.6) is 5.75 Å². The van der Waals surface area contributed by atoms with E-state index in [0.29, 0.717) is 12.6 Å². The Morgan fingerprint density at radius 1 is 1.44 bits per heavy atom. The van der Waals surface area contributed by atoms with Crippen LogP contribution in [0.1, 0.15) is 32.8 Å². The molecular weight excluding hydrogens is 290 g/mol. The van der Waals surface area contributed by atoms with E-state index in [1.807, 2.05) is 13.0 Å². The van der Waals surface area contributed by atoms with E-state index < -0.39 is 0 Å². The molecule has 1 N–H and O–H groups in total. The first-order valence-corrected chi connectivity index (χ1v) is 7.07. The molecule has 1 aromatic carbocycles. The summed E-state index contributed by atoms with van der Waals surface area (Å²) in [5.41, 5.74) is 2.40. The molecule has 18 heavy (non-hydrogen) atoms. The lowest BCUT2D eigenvalue weighted by molar-refractivity contribution is 0.319. The first kappa shape index (κ1) is 15.3. The Hall–Kier alpha value is -0.800. The van der Waals surface area contributed by atoms with Gasteiger partial charge in [-0.25, -0.2) is 0 Å². The molecule has 2 nitrogen and oxygen atoms in total. The van der Waals surface area contributed by atoms with E-state index in [2.05, 4.69) is 53.8 Å². The molecular formula is C15H22BrNO. The molecule has 0 aromatic heterocycles. The van der Waals surface area contributed by atoms with Gasteiger partial charge in [0.1, 0.15) is 5.75 Å². The van der Waals surface area contributed by atoms with Crippen LogP contribution in [0.15, 0.2) is 34.8 Å². The zero-order valence-corrected chi connectivity index (χ0v) is 13.0. The highest BCUT2D eigenvalue weighted by Crippen LogP contribution is 2.26. The molecule has 0 atom stereocenters. The summed E-state index contributed by atoms with van der Waals surface area (Å²) in [6, 6.07) is 6.71. The Morgan fingerprint density at radius 3 is 2.72 bits per heavy atom. The average molecular weight is 312 g/mol. The third kappa shape index (κ3) is 5.69. The van der Waals surface area contributed by atoms with Gasteiger partial charge in [0.25, 0.3) is 0 Å². The van der Waals surface area contributed by atoms with Gasteiger partial charge in [0, 0.05) is 19.0 Å². The summed E-state index contributed by atoms with van der Waals surface area (Å²) < 4.78 is 6.71. The lowest BCUT2D eigenvalue weighted by Crippen LogP contribution is -2.21. The molecule has 0 heterocycles. The number of benzene rings is 1. The van der Waals surface area contributed by atoms with Gasteiger partial charge in [-0.05, 0) is 40.5 Å². The Balaban J connectivity index is 2.53. The van der Waals surface area contributed by atoms with E-state index >= 15 is 0 Å². The molecule has 0 aliphatic heterocycles. The van der Waals surface area contributed by atoms with Gasteiger partial charge in [0.2, 0.25) is 0 Å². The molecule has 0 aliphatic rings. The van der Waals surface area contributed by atoms with Gasteiger partial charge in [0.05, 0.1) is 11.1 Å². The minimum atomic E-state index is 0.496. The van der Waals surface area contributed by atoms with Crippen molar-refractivity contribution in [2.45, 2.75) is 39.8 Å². The molecule has 100 valence electrons. The van der Waals surface area contributed by atoms with Crippen molar-refractivity contribution in [2.75, 3.05) is 6.61 Å². The van der Waals surface area contributed by atoms with Gasteiger partial charge < -0.3 is 10.1 Å². The molecule has 0 radical (unpaired) electrons. The van der Waals surface area contributed by atoms with Crippen LogP contribution in [-0.4, -0.2) is 12.6 Å². The summed E-state index contributed by atoms with van der Waals surface area (Å²) in [6.07, 6.45) is 0.892. The number of nitrogens with one attached hydrogen (secondary N) is 1. The number of ether oxygens (including phenoxy) is 1. The van der Waals surface area contributed by atoms with Crippen molar-refractivity contribution >= 4 is 15.9 Å². The lowest BCUT2D eigenvalue weighted by atomic mass is 10.2. The number of rotatable bonds is 7. The normalized spacial score (nSPS) is 10.7. The number of hydrogen-bond donors (Lipinski definition) is 1. The Labute approximate surface area is 119 Å². The van der Waals surface area contributed by atoms with E-state index in [0.717, 1.165) is 28.8 Å². The quantitative estimate of drug-likeness (QED) is 0.758. The van der Waals surface area contributed by atoms with Crippen LogP contribution in [0, 0.1) is 0 Å². The minimum Gasteiger partial charge on any atom is -0.492 e.